The van der Waals surface area contributed by atoms with Gasteiger partial charge in [-0.25, -0.2) is 8.78 Å². The monoisotopic (exact) mass is 174 g/mol. The highest BCUT2D eigenvalue weighted by Gasteiger charge is 2.08. The molecule has 4 heteroatoms. The zero-order chi connectivity index (χ0) is 9.14. The first-order chi connectivity index (χ1) is 5.69. The van der Waals surface area contributed by atoms with Crippen molar-refractivity contribution in [2.24, 2.45) is 0 Å². The molecule has 0 atom stereocenters. The Morgan fingerprint density at radius 3 is 2.50 bits per heavy atom. The number of aliphatic hydroxyl groups is 1. The fourth-order valence-electron chi connectivity index (χ4n) is 0.847. The molecular weight excluding hydrogens is 166 g/mol. The summed E-state index contributed by atoms with van der Waals surface area (Å²) >= 11 is 0. The van der Waals surface area contributed by atoms with E-state index in [2.05, 4.69) is 4.74 Å². The first kappa shape index (κ1) is 8.93. The number of aliphatic hydroxyl groups excluding tert-OH is 1. The van der Waals surface area contributed by atoms with Gasteiger partial charge in [-0.3, -0.25) is 0 Å². The predicted octanol–water partition coefficient (Wildman–Crippen LogP) is 1.47. The number of halogens is 2. The smallest absolute Gasteiger partial charge is 0.165 e. The average molecular weight is 174 g/mol. The first-order valence-electron chi connectivity index (χ1n) is 3.31. The van der Waals surface area contributed by atoms with Gasteiger partial charge in [0.25, 0.3) is 0 Å². The number of ether oxygens (including phenoxy) is 1. The molecule has 0 saturated heterocycles. The standard InChI is InChI=1S/C8H8F2O2/c1-12-8-3-6(9)5(4-11)2-7(8)10/h2-3,11H,4H2,1H3. The van der Waals surface area contributed by atoms with Crippen LogP contribution in [0.2, 0.25) is 0 Å². The number of hydrogen-bond acceptors (Lipinski definition) is 2. The second-order valence-electron chi connectivity index (χ2n) is 2.24. The van der Waals surface area contributed by atoms with Crippen molar-refractivity contribution in [3.63, 3.8) is 0 Å². The van der Waals surface area contributed by atoms with Gasteiger partial charge in [0, 0.05) is 11.6 Å². The van der Waals surface area contributed by atoms with Gasteiger partial charge in [0.1, 0.15) is 5.82 Å². The lowest BCUT2D eigenvalue weighted by molar-refractivity contribution is 0.274. The van der Waals surface area contributed by atoms with Crippen LogP contribution in [0.15, 0.2) is 12.1 Å². The molecule has 12 heavy (non-hydrogen) atoms. The molecule has 0 unspecified atom stereocenters. The Kier molecular flexibility index (Phi) is 2.60. The molecule has 0 aliphatic carbocycles. The molecule has 1 aromatic rings. The molecule has 0 aromatic heterocycles. The van der Waals surface area contributed by atoms with Crippen LogP contribution in [0.1, 0.15) is 5.56 Å². The third kappa shape index (κ3) is 1.53. The van der Waals surface area contributed by atoms with E-state index in [-0.39, 0.29) is 11.3 Å². The van der Waals surface area contributed by atoms with E-state index in [1.807, 2.05) is 0 Å². The van der Waals surface area contributed by atoms with E-state index >= 15 is 0 Å². The molecule has 0 bridgehead atoms. The Morgan fingerprint density at radius 2 is 2.00 bits per heavy atom. The van der Waals surface area contributed by atoms with Crippen LogP contribution in [-0.4, -0.2) is 12.2 Å². The molecule has 0 aliphatic rings. The minimum absolute atomic E-state index is 0.0756. The number of benzene rings is 1. The second kappa shape index (κ2) is 3.49. The van der Waals surface area contributed by atoms with Gasteiger partial charge in [0.15, 0.2) is 11.6 Å². The summed E-state index contributed by atoms with van der Waals surface area (Å²) in [7, 11) is 1.25. The summed E-state index contributed by atoms with van der Waals surface area (Å²) in [6, 6.07) is 1.81. The lowest BCUT2D eigenvalue weighted by Gasteiger charge is -2.04. The van der Waals surface area contributed by atoms with Gasteiger partial charge in [-0.2, -0.15) is 0 Å². The van der Waals surface area contributed by atoms with E-state index in [0.717, 1.165) is 12.1 Å². The molecule has 1 aromatic carbocycles. The highest BCUT2D eigenvalue weighted by atomic mass is 19.1. The van der Waals surface area contributed by atoms with Crippen LogP contribution in [0.3, 0.4) is 0 Å². The Hall–Kier alpha value is -1.16. The van der Waals surface area contributed by atoms with Gasteiger partial charge in [0.2, 0.25) is 0 Å². The Bertz CT molecular complexity index is 257. The van der Waals surface area contributed by atoms with Gasteiger partial charge in [-0.05, 0) is 6.07 Å². The second-order valence-corrected chi connectivity index (χ2v) is 2.24. The molecule has 0 amide bonds. The van der Waals surface area contributed by atoms with E-state index in [4.69, 9.17) is 5.11 Å². The molecule has 0 spiro atoms. The molecular formula is C8H8F2O2. The Morgan fingerprint density at radius 1 is 1.33 bits per heavy atom. The SMILES string of the molecule is COc1cc(F)c(CO)cc1F. The van der Waals surface area contributed by atoms with Crippen molar-refractivity contribution in [3.05, 3.63) is 29.3 Å². The Labute approximate surface area is 68.4 Å². The summed E-state index contributed by atoms with van der Waals surface area (Å²) in [5.41, 5.74) is -0.0756. The van der Waals surface area contributed by atoms with Crippen LogP contribution < -0.4 is 4.74 Å². The fraction of sp³-hybridized carbons (Fsp3) is 0.250. The van der Waals surface area contributed by atoms with Gasteiger partial charge in [-0.1, -0.05) is 0 Å². The minimum Gasteiger partial charge on any atom is -0.494 e. The molecule has 2 nitrogen and oxygen atoms in total. The minimum atomic E-state index is -0.678. The number of methoxy groups -OCH3 is 1. The lowest BCUT2D eigenvalue weighted by Crippen LogP contribution is -1.95. The van der Waals surface area contributed by atoms with E-state index in [0.29, 0.717) is 0 Å². The Balaban J connectivity index is 3.16. The maximum Gasteiger partial charge on any atom is 0.165 e. The topological polar surface area (TPSA) is 29.5 Å². The molecule has 1 N–H and O–H groups in total. The maximum atomic E-state index is 12.8. The van der Waals surface area contributed by atoms with Crippen molar-refractivity contribution in [1.82, 2.24) is 0 Å². The summed E-state index contributed by atoms with van der Waals surface area (Å²) in [5, 5.41) is 8.56. The van der Waals surface area contributed by atoms with E-state index in [1.54, 1.807) is 0 Å². The van der Waals surface area contributed by atoms with Crippen LogP contribution in [0.5, 0.6) is 5.75 Å². The van der Waals surface area contributed by atoms with Crippen LogP contribution in [0, 0.1) is 11.6 Å². The maximum absolute atomic E-state index is 12.8. The predicted molar refractivity (Wildman–Crippen MR) is 38.8 cm³/mol. The van der Waals surface area contributed by atoms with E-state index < -0.39 is 18.2 Å². The summed E-state index contributed by atoms with van der Waals surface area (Å²) in [5.74, 6) is -1.51. The average Bonchev–Trinajstić information content (AvgIpc) is 2.08. The van der Waals surface area contributed by atoms with Crippen molar-refractivity contribution in [2.45, 2.75) is 6.61 Å². The third-order valence-electron chi connectivity index (χ3n) is 1.49. The zero-order valence-electron chi connectivity index (χ0n) is 6.47. The quantitative estimate of drug-likeness (QED) is 0.735. The van der Waals surface area contributed by atoms with Crippen molar-refractivity contribution in [2.75, 3.05) is 7.11 Å². The molecule has 0 heterocycles. The number of rotatable bonds is 2. The van der Waals surface area contributed by atoms with Crippen molar-refractivity contribution in [3.8, 4) is 5.75 Å². The van der Waals surface area contributed by atoms with Crippen LogP contribution >= 0.6 is 0 Å². The molecule has 0 aliphatic heterocycles. The molecule has 0 fully saturated rings. The molecule has 0 radical (unpaired) electrons. The summed E-state index contributed by atoms with van der Waals surface area (Å²) in [6.45, 7) is -0.521. The van der Waals surface area contributed by atoms with Gasteiger partial charge in [-0.15, -0.1) is 0 Å². The van der Waals surface area contributed by atoms with E-state index in [1.165, 1.54) is 7.11 Å². The van der Waals surface area contributed by atoms with Crippen molar-refractivity contribution >= 4 is 0 Å². The molecule has 0 saturated carbocycles. The van der Waals surface area contributed by atoms with Gasteiger partial charge in [0.05, 0.1) is 13.7 Å². The fourth-order valence-corrected chi connectivity index (χ4v) is 0.847. The van der Waals surface area contributed by atoms with Crippen LogP contribution in [0.25, 0.3) is 0 Å². The first-order valence-corrected chi connectivity index (χ1v) is 3.31. The van der Waals surface area contributed by atoms with Gasteiger partial charge >= 0.3 is 0 Å². The highest BCUT2D eigenvalue weighted by molar-refractivity contribution is 5.30. The number of hydrogen-bond donors (Lipinski definition) is 1. The van der Waals surface area contributed by atoms with Crippen LogP contribution in [-0.2, 0) is 6.61 Å². The lowest BCUT2D eigenvalue weighted by atomic mass is 10.2. The van der Waals surface area contributed by atoms with Crippen molar-refractivity contribution < 1.29 is 18.6 Å². The highest BCUT2D eigenvalue weighted by Crippen LogP contribution is 2.20. The largest absolute Gasteiger partial charge is 0.494 e. The van der Waals surface area contributed by atoms with E-state index in [9.17, 15) is 8.78 Å². The normalized spacial score (nSPS) is 10.0. The molecule has 66 valence electrons. The molecule has 1 rings (SSSR count). The van der Waals surface area contributed by atoms with Crippen molar-refractivity contribution in [1.29, 1.82) is 0 Å². The van der Waals surface area contributed by atoms with Crippen LogP contribution in [0.4, 0.5) is 8.78 Å². The zero-order valence-corrected chi connectivity index (χ0v) is 6.47. The summed E-state index contributed by atoms with van der Waals surface area (Å²) < 4.78 is 30.2. The summed E-state index contributed by atoms with van der Waals surface area (Å²) in [4.78, 5) is 0. The van der Waals surface area contributed by atoms with Gasteiger partial charge < -0.3 is 9.84 Å². The summed E-state index contributed by atoms with van der Waals surface area (Å²) in [6.07, 6.45) is 0. The third-order valence-corrected chi connectivity index (χ3v) is 1.49.